The van der Waals surface area contributed by atoms with Crippen LogP contribution in [0.3, 0.4) is 0 Å². The fraction of sp³-hybridized carbons (Fsp3) is 0.867. The van der Waals surface area contributed by atoms with Gasteiger partial charge in [0.1, 0.15) is 0 Å². The molecular formula is C15H27N3O2. The van der Waals surface area contributed by atoms with Gasteiger partial charge in [-0.25, -0.2) is 0 Å². The van der Waals surface area contributed by atoms with Crippen molar-refractivity contribution in [3.05, 3.63) is 0 Å². The van der Waals surface area contributed by atoms with Crippen LogP contribution < -0.4 is 11.5 Å². The number of nitrogens with two attached hydrogens (primary N) is 2. The van der Waals surface area contributed by atoms with Gasteiger partial charge in [0.05, 0.1) is 6.54 Å². The Labute approximate surface area is 121 Å². The van der Waals surface area contributed by atoms with Gasteiger partial charge in [-0.15, -0.1) is 0 Å². The first kappa shape index (κ1) is 15.3. The van der Waals surface area contributed by atoms with Crippen molar-refractivity contribution in [2.45, 2.75) is 75.8 Å². The molecule has 0 unspecified atom stereocenters. The van der Waals surface area contributed by atoms with Crippen molar-refractivity contribution in [3.8, 4) is 0 Å². The van der Waals surface area contributed by atoms with Crippen LogP contribution in [0.15, 0.2) is 0 Å². The van der Waals surface area contributed by atoms with E-state index in [2.05, 4.69) is 0 Å². The van der Waals surface area contributed by atoms with Crippen LogP contribution in [0.5, 0.6) is 0 Å². The molecule has 0 aromatic carbocycles. The van der Waals surface area contributed by atoms with Crippen molar-refractivity contribution in [2.75, 3.05) is 6.54 Å². The maximum absolute atomic E-state index is 12.6. The molecule has 2 fully saturated rings. The van der Waals surface area contributed by atoms with Crippen LogP contribution in [-0.2, 0) is 9.59 Å². The van der Waals surface area contributed by atoms with Crippen molar-refractivity contribution in [1.82, 2.24) is 4.90 Å². The van der Waals surface area contributed by atoms with Crippen LogP contribution in [0.4, 0.5) is 0 Å². The smallest absolute Gasteiger partial charge is 0.237 e. The largest absolute Gasteiger partial charge is 0.368 e. The van der Waals surface area contributed by atoms with E-state index in [0.717, 1.165) is 51.4 Å². The minimum absolute atomic E-state index is 0.0140. The van der Waals surface area contributed by atoms with Crippen molar-refractivity contribution in [1.29, 1.82) is 0 Å². The SMILES string of the molecule is NC(=O)CN(C(=O)CC1(N)CCCCC1)C1CCCC1. The van der Waals surface area contributed by atoms with E-state index in [1.54, 1.807) is 4.90 Å². The van der Waals surface area contributed by atoms with E-state index in [-0.39, 0.29) is 24.0 Å². The molecule has 0 heterocycles. The molecular weight excluding hydrogens is 254 g/mol. The third-order valence-corrected chi connectivity index (χ3v) is 4.76. The van der Waals surface area contributed by atoms with Gasteiger partial charge in [0.2, 0.25) is 11.8 Å². The van der Waals surface area contributed by atoms with Gasteiger partial charge < -0.3 is 16.4 Å². The first-order valence-electron chi connectivity index (χ1n) is 7.87. The Hall–Kier alpha value is -1.10. The summed E-state index contributed by atoms with van der Waals surface area (Å²) in [6.07, 6.45) is 9.81. The monoisotopic (exact) mass is 281 g/mol. The van der Waals surface area contributed by atoms with Gasteiger partial charge in [0.25, 0.3) is 0 Å². The highest BCUT2D eigenvalue weighted by molar-refractivity contribution is 5.84. The molecule has 0 aromatic heterocycles. The van der Waals surface area contributed by atoms with Gasteiger partial charge >= 0.3 is 0 Å². The summed E-state index contributed by atoms with van der Waals surface area (Å²) in [6, 6.07) is 0.183. The van der Waals surface area contributed by atoms with Gasteiger partial charge in [0, 0.05) is 18.0 Å². The third-order valence-electron chi connectivity index (χ3n) is 4.76. The minimum Gasteiger partial charge on any atom is -0.368 e. The average molecular weight is 281 g/mol. The second-order valence-electron chi connectivity index (χ2n) is 6.53. The summed E-state index contributed by atoms with van der Waals surface area (Å²) in [4.78, 5) is 25.5. The van der Waals surface area contributed by atoms with Crippen molar-refractivity contribution < 1.29 is 9.59 Å². The molecule has 5 heteroatoms. The Morgan fingerprint density at radius 3 is 2.20 bits per heavy atom. The number of rotatable bonds is 5. The number of nitrogens with zero attached hydrogens (tertiary/aromatic N) is 1. The zero-order chi connectivity index (χ0) is 14.6. The number of amides is 2. The lowest BCUT2D eigenvalue weighted by atomic mass is 9.80. The van der Waals surface area contributed by atoms with Gasteiger partial charge in [-0.2, -0.15) is 0 Å². The lowest BCUT2D eigenvalue weighted by Gasteiger charge is -2.36. The van der Waals surface area contributed by atoms with E-state index < -0.39 is 5.91 Å². The van der Waals surface area contributed by atoms with Crippen LogP contribution >= 0.6 is 0 Å². The van der Waals surface area contributed by atoms with Crippen LogP contribution in [0.1, 0.15) is 64.2 Å². The Kier molecular flexibility index (Phi) is 5.02. The van der Waals surface area contributed by atoms with E-state index >= 15 is 0 Å². The van der Waals surface area contributed by atoms with E-state index in [4.69, 9.17) is 11.5 Å². The molecule has 20 heavy (non-hydrogen) atoms. The minimum atomic E-state index is -0.431. The molecule has 2 amide bonds. The van der Waals surface area contributed by atoms with Gasteiger partial charge in [-0.1, -0.05) is 32.1 Å². The first-order valence-corrected chi connectivity index (χ1v) is 7.87. The molecule has 4 N–H and O–H groups in total. The molecule has 5 nitrogen and oxygen atoms in total. The number of primary amides is 1. The number of carbonyl (C=O) groups excluding carboxylic acids is 2. The Morgan fingerprint density at radius 1 is 1.05 bits per heavy atom. The van der Waals surface area contributed by atoms with Crippen molar-refractivity contribution >= 4 is 11.8 Å². The molecule has 0 spiro atoms. The molecule has 2 rings (SSSR count). The van der Waals surface area contributed by atoms with Crippen molar-refractivity contribution in [3.63, 3.8) is 0 Å². The topological polar surface area (TPSA) is 89.4 Å². The summed E-state index contributed by atoms with van der Waals surface area (Å²) < 4.78 is 0. The van der Waals surface area contributed by atoms with Crippen LogP contribution in [0.25, 0.3) is 0 Å². The molecule has 0 aliphatic heterocycles. The Morgan fingerprint density at radius 2 is 1.65 bits per heavy atom. The molecule has 0 bridgehead atoms. The zero-order valence-corrected chi connectivity index (χ0v) is 12.3. The van der Waals surface area contributed by atoms with Gasteiger partial charge in [-0.3, -0.25) is 9.59 Å². The predicted octanol–water partition coefficient (Wildman–Crippen LogP) is 1.29. The first-order chi connectivity index (χ1) is 9.50. The summed E-state index contributed by atoms with van der Waals surface area (Å²) in [5.74, 6) is -0.417. The maximum Gasteiger partial charge on any atom is 0.237 e. The van der Waals surface area contributed by atoms with Crippen LogP contribution in [0.2, 0.25) is 0 Å². The average Bonchev–Trinajstić information content (AvgIpc) is 2.89. The van der Waals surface area contributed by atoms with E-state index in [1.807, 2.05) is 0 Å². The van der Waals surface area contributed by atoms with E-state index in [9.17, 15) is 9.59 Å². The van der Waals surface area contributed by atoms with Gasteiger partial charge in [0.15, 0.2) is 0 Å². The highest BCUT2D eigenvalue weighted by Crippen LogP contribution is 2.31. The molecule has 0 saturated heterocycles. The predicted molar refractivity (Wildman–Crippen MR) is 77.8 cm³/mol. The summed E-state index contributed by atoms with van der Waals surface area (Å²) in [6.45, 7) is 0.0413. The highest BCUT2D eigenvalue weighted by Gasteiger charge is 2.34. The maximum atomic E-state index is 12.6. The summed E-state index contributed by atoms with van der Waals surface area (Å²) >= 11 is 0. The quantitative estimate of drug-likeness (QED) is 0.796. The number of hydrogen-bond acceptors (Lipinski definition) is 3. The molecule has 0 atom stereocenters. The molecule has 2 aliphatic carbocycles. The summed E-state index contributed by atoms with van der Waals surface area (Å²) in [5, 5.41) is 0. The molecule has 2 aliphatic rings. The van der Waals surface area contributed by atoms with E-state index in [1.165, 1.54) is 6.42 Å². The summed E-state index contributed by atoms with van der Waals surface area (Å²) in [5.41, 5.74) is 11.3. The number of carbonyl (C=O) groups is 2. The second kappa shape index (κ2) is 6.57. The Balaban J connectivity index is 1.99. The highest BCUT2D eigenvalue weighted by atomic mass is 16.2. The second-order valence-corrected chi connectivity index (χ2v) is 6.53. The lowest BCUT2D eigenvalue weighted by Crippen LogP contribution is -2.50. The van der Waals surface area contributed by atoms with Gasteiger partial charge in [-0.05, 0) is 25.7 Å². The fourth-order valence-corrected chi connectivity index (χ4v) is 3.64. The summed E-state index contributed by atoms with van der Waals surface area (Å²) in [7, 11) is 0. The van der Waals surface area contributed by atoms with Crippen LogP contribution in [-0.4, -0.2) is 34.8 Å². The number of hydrogen-bond donors (Lipinski definition) is 2. The third kappa shape index (κ3) is 3.95. The van der Waals surface area contributed by atoms with Crippen LogP contribution in [0, 0.1) is 0 Å². The Bertz CT molecular complexity index is 358. The standard InChI is InChI=1S/C15H27N3O2/c16-13(19)11-18(12-6-2-3-7-12)14(20)10-15(17)8-4-1-5-9-15/h12H,1-11,17H2,(H2,16,19). The molecule has 0 aromatic rings. The molecule has 114 valence electrons. The van der Waals surface area contributed by atoms with Crippen molar-refractivity contribution in [2.24, 2.45) is 11.5 Å². The molecule has 0 radical (unpaired) electrons. The fourth-order valence-electron chi connectivity index (χ4n) is 3.64. The molecule has 2 saturated carbocycles. The lowest BCUT2D eigenvalue weighted by molar-refractivity contribution is -0.138. The normalized spacial score (nSPS) is 22.6. The van der Waals surface area contributed by atoms with E-state index in [0.29, 0.717) is 6.42 Å². The zero-order valence-electron chi connectivity index (χ0n) is 12.3.